The number of halogens is 3. The van der Waals surface area contributed by atoms with E-state index in [1.54, 1.807) is 0 Å². The Morgan fingerprint density at radius 3 is 2.33 bits per heavy atom. The van der Waals surface area contributed by atoms with Crippen molar-refractivity contribution >= 4 is 34.1 Å². The van der Waals surface area contributed by atoms with Gasteiger partial charge in [-0.25, -0.2) is 4.21 Å². The van der Waals surface area contributed by atoms with Crippen LogP contribution in [0.3, 0.4) is 0 Å². The average Bonchev–Trinajstić information content (AvgIpc) is 2.26. The lowest BCUT2D eigenvalue weighted by Crippen LogP contribution is -2.30. The van der Waals surface area contributed by atoms with Gasteiger partial charge in [-0.15, -0.1) is 0 Å². The lowest BCUT2D eigenvalue weighted by molar-refractivity contribution is -0.137. The number of anilines is 1. The first kappa shape index (κ1) is 14.9. The van der Waals surface area contributed by atoms with E-state index in [0.29, 0.717) is 5.69 Å². The van der Waals surface area contributed by atoms with Crippen LogP contribution in [0.15, 0.2) is 24.3 Å². The summed E-state index contributed by atoms with van der Waals surface area (Å²) in [6.45, 7) is 0. The second kappa shape index (κ2) is 6.12. The van der Waals surface area contributed by atoms with Crippen molar-refractivity contribution in [3.8, 4) is 0 Å². The van der Waals surface area contributed by atoms with E-state index in [9.17, 15) is 17.4 Å². The van der Waals surface area contributed by atoms with Crippen molar-refractivity contribution in [1.29, 1.82) is 0 Å². The van der Waals surface area contributed by atoms with E-state index < -0.39 is 22.8 Å². The summed E-state index contributed by atoms with van der Waals surface area (Å²) in [5.41, 5.74) is -0.410. The minimum atomic E-state index is -4.38. The van der Waals surface area contributed by atoms with Crippen molar-refractivity contribution in [3.05, 3.63) is 29.8 Å². The Hall–Kier alpha value is -1.19. The van der Waals surface area contributed by atoms with E-state index in [1.165, 1.54) is 12.1 Å². The van der Waals surface area contributed by atoms with Crippen molar-refractivity contribution in [2.45, 2.75) is 6.18 Å². The number of hydrogen-bond acceptors (Lipinski definition) is 2. The molecule has 1 atom stereocenters. The highest BCUT2D eigenvalue weighted by atomic mass is 32.2. The minimum absolute atomic E-state index is 0.0529. The molecule has 0 aromatic heterocycles. The van der Waals surface area contributed by atoms with Crippen molar-refractivity contribution in [2.75, 3.05) is 11.2 Å². The first-order chi connectivity index (χ1) is 8.29. The third kappa shape index (κ3) is 4.98. The Labute approximate surface area is 109 Å². The molecule has 18 heavy (non-hydrogen) atoms. The van der Waals surface area contributed by atoms with Gasteiger partial charge in [0.05, 0.1) is 5.56 Å². The largest absolute Gasteiger partial charge is 0.416 e. The molecule has 9 heteroatoms. The zero-order valence-electron chi connectivity index (χ0n) is 8.82. The van der Waals surface area contributed by atoms with Crippen LogP contribution in [-0.4, -0.2) is 19.8 Å². The third-order valence-electron chi connectivity index (χ3n) is 1.83. The van der Waals surface area contributed by atoms with Gasteiger partial charge in [-0.05, 0) is 36.5 Å². The van der Waals surface area contributed by atoms with Gasteiger partial charge < -0.3 is 15.2 Å². The molecule has 0 amide bonds. The Morgan fingerprint density at radius 1 is 1.33 bits per heavy atom. The smallest absolute Gasteiger partial charge is 0.349 e. The number of alkyl halides is 3. The SMILES string of the molecule is O=S(O)CNC(=S)Nc1ccc(C(F)(F)F)cc1. The van der Waals surface area contributed by atoms with Gasteiger partial charge >= 0.3 is 6.18 Å². The molecule has 4 nitrogen and oxygen atoms in total. The summed E-state index contributed by atoms with van der Waals surface area (Å²) < 4.78 is 55.7. The van der Waals surface area contributed by atoms with Crippen LogP contribution < -0.4 is 10.6 Å². The molecule has 1 rings (SSSR count). The molecule has 0 bridgehead atoms. The standard InChI is InChI=1S/C9H9F3N2O2S2/c10-9(11,12)6-1-3-7(4-2-6)14-8(17)13-5-18(15)16/h1-4H,5H2,(H,15,16)(H2,13,14,17). The van der Waals surface area contributed by atoms with Crippen molar-refractivity contribution in [3.63, 3.8) is 0 Å². The van der Waals surface area contributed by atoms with Gasteiger partial charge in [0, 0.05) is 5.69 Å². The van der Waals surface area contributed by atoms with Gasteiger partial charge in [0.25, 0.3) is 0 Å². The lowest BCUT2D eigenvalue weighted by Gasteiger charge is -2.10. The second-order valence-electron chi connectivity index (χ2n) is 3.17. The summed E-state index contributed by atoms with van der Waals surface area (Å²) in [7, 11) is 0. The maximum absolute atomic E-state index is 12.3. The first-order valence-corrected chi connectivity index (χ1v) is 6.27. The van der Waals surface area contributed by atoms with E-state index in [4.69, 9.17) is 16.8 Å². The molecule has 0 aliphatic rings. The molecule has 0 saturated carbocycles. The number of thiocarbonyl (C=S) groups is 1. The Kier molecular flexibility index (Phi) is 5.05. The van der Waals surface area contributed by atoms with Crippen molar-refractivity contribution in [2.24, 2.45) is 0 Å². The molecule has 1 aromatic carbocycles. The topological polar surface area (TPSA) is 61.4 Å². The molecule has 0 fully saturated rings. The third-order valence-corrected chi connectivity index (χ3v) is 2.46. The summed E-state index contributed by atoms with van der Waals surface area (Å²) in [4.78, 5) is 0. The van der Waals surface area contributed by atoms with Crippen LogP contribution in [0.25, 0.3) is 0 Å². The average molecular weight is 298 g/mol. The van der Waals surface area contributed by atoms with E-state index in [0.717, 1.165) is 12.1 Å². The quantitative estimate of drug-likeness (QED) is 0.590. The summed E-state index contributed by atoms with van der Waals surface area (Å²) in [6.07, 6.45) is -4.38. The highest BCUT2D eigenvalue weighted by molar-refractivity contribution is 7.81. The van der Waals surface area contributed by atoms with E-state index in [-0.39, 0.29) is 11.0 Å². The number of hydrogen-bond donors (Lipinski definition) is 3. The summed E-state index contributed by atoms with van der Waals surface area (Å²) >= 11 is 2.72. The molecular weight excluding hydrogens is 289 g/mol. The van der Waals surface area contributed by atoms with Gasteiger partial charge in [0.1, 0.15) is 5.88 Å². The highest BCUT2D eigenvalue weighted by Gasteiger charge is 2.29. The van der Waals surface area contributed by atoms with Gasteiger partial charge in [-0.2, -0.15) is 13.2 Å². The summed E-state index contributed by atoms with van der Waals surface area (Å²) in [5, 5.41) is 5.06. The number of rotatable bonds is 3. The molecular formula is C9H9F3N2O2S2. The molecule has 0 aliphatic carbocycles. The van der Waals surface area contributed by atoms with Crippen LogP contribution in [0.5, 0.6) is 0 Å². The maximum atomic E-state index is 12.3. The zero-order valence-corrected chi connectivity index (χ0v) is 10.5. The monoisotopic (exact) mass is 298 g/mol. The fourth-order valence-electron chi connectivity index (χ4n) is 1.05. The summed E-state index contributed by atoms with van der Waals surface area (Å²) in [6, 6.07) is 4.25. The van der Waals surface area contributed by atoms with Gasteiger partial charge in [0.15, 0.2) is 16.2 Å². The molecule has 0 spiro atoms. The molecule has 0 heterocycles. The van der Waals surface area contributed by atoms with Crippen LogP contribution >= 0.6 is 12.2 Å². The molecule has 0 radical (unpaired) electrons. The second-order valence-corrected chi connectivity index (χ2v) is 4.51. The van der Waals surface area contributed by atoms with Gasteiger partial charge in [-0.3, -0.25) is 0 Å². The fraction of sp³-hybridized carbons (Fsp3) is 0.222. The molecule has 100 valence electrons. The maximum Gasteiger partial charge on any atom is 0.416 e. The van der Waals surface area contributed by atoms with Crippen LogP contribution in [0.2, 0.25) is 0 Å². The number of benzene rings is 1. The lowest BCUT2D eigenvalue weighted by atomic mass is 10.2. The zero-order chi connectivity index (χ0) is 13.8. The van der Waals surface area contributed by atoms with Crippen LogP contribution in [0.4, 0.5) is 18.9 Å². The van der Waals surface area contributed by atoms with Crippen LogP contribution in [0.1, 0.15) is 5.56 Å². The molecule has 0 aliphatic heterocycles. The first-order valence-electron chi connectivity index (χ1n) is 4.58. The van der Waals surface area contributed by atoms with Crippen LogP contribution in [0, 0.1) is 0 Å². The fourth-order valence-corrected chi connectivity index (χ4v) is 1.59. The Balaban J connectivity index is 2.59. The van der Waals surface area contributed by atoms with Gasteiger partial charge in [-0.1, -0.05) is 0 Å². The predicted molar refractivity (Wildman–Crippen MR) is 66.4 cm³/mol. The molecule has 0 saturated heterocycles. The normalized spacial score (nSPS) is 12.9. The minimum Gasteiger partial charge on any atom is -0.349 e. The highest BCUT2D eigenvalue weighted by Crippen LogP contribution is 2.29. The van der Waals surface area contributed by atoms with Crippen LogP contribution in [-0.2, 0) is 17.3 Å². The predicted octanol–water partition coefficient (Wildman–Crippen LogP) is 2.17. The number of nitrogens with one attached hydrogen (secondary N) is 2. The summed E-state index contributed by atoms with van der Waals surface area (Å²) in [5.74, 6) is -0.257. The van der Waals surface area contributed by atoms with Gasteiger partial charge in [0.2, 0.25) is 0 Å². The molecule has 1 unspecified atom stereocenters. The Morgan fingerprint density at radius 2 is 1.89 bits per heavy atom. The van der Waals surface area contributed by atoms with Crippen molar-refractivity contribution in [1.82, 2.24) is 5.32 Å². The van der Waals surface area contributed by atoms with E-state index in [2.05, 4.69) is 10.6 Å². The molecule has 1 aromatic rings. The van der Waals surface area contributed by atoms with E-state index >= 15 is 0 Å². The van der Waals surface area contributed by atoms with E-state index in [1.807, 2.05) is 0 Å². The Bertz CT molecular complexity index is 448. The van der Waals surface area contributed by atoms with Crippen molar-refractivity contribution < 1.29 is 21.9 Å². The molecule has 3 N–H and O–H groups in total.